The fraction of sp³-hybridized carbons (Fsp3) is 0.200. The molecule has 0 aliphatic rings. The summed E-state index contributed by atoms with van der Waals surface area (Å²) in [5.41, 5.74) is -0.898. The van der Waals surface area contributed by atoms with Crippen LogP contribution >= 0.6 is 0 Å². The van der Waals surface area contributed by atoms with Crippen LogP contribution in [0.1, 0.15) is 10.4 Å². The summed E-state index contributed by atoms with van der Waals surface area (Å²) in [6, 6.07) is 0.842. The van der Waals surface area contributed by atoms with E-state index in [1.165, 1.54) is 0 Å². The van der Waals surface area contributed by atoms with Crippen molar-refractivity contribution in [1.29, 1.82) is 0 Å². The number of nitrogens with zero attached hydrogens (tertiary/aromatic N) is 2. The van der Waals surface area contributed by atoms with Gasteiger partial charge in [0.2, 0.25) is 0 Å². The Hall–Kier alpha value is -2.47. The van der Waals surface area contributed by atoms with Crippen molar-refractivity contribution in [3.63, 3.8) is 0 Å². The zero-order valence-corrected chi connectivity index (χ0v) is 10.6. The lowest BCUT2D eigenvalue weighted by atomic mass is 10.2. The van der Waals surface area contributed by atoms with Crippen LogP contribution in [0.5, 0.6) is 0 Å². The highest BCUT2D eigenvalue weighted by Crippen LogP contribution is 2.18. The number of pyridine rings is 1. The Morgan fingerprint density at radius 2 is 2.26 bits per heavy atom. The minimum Gasteiger partial charge on any atom is -0.341 e. The van der Waals surface area contributed by atoms with Crippen LogP contribution in [0.2, 0.25) is 0 Å². The van der Waals surface area contributed by atoms with E-state index >= 15 is 0 Å². The molecule has 0 saturated carbocycles. The van der Waals surface area contributed by atoms with Gasteiger partial charge in [-0.3, -0.25) is 14.9 Å². The van der Waals surface area contributed by atoms with Gasteiger partial charge in [0, 0.05) is 12.3 Å². The maximum Gasteiger partial charge on any atom is 0.288 e. The largest absolute Gasteiger partial charge is 0.341 e. The molecule has 0 saturated heterocycles. The molecule has 0 aliphatic heterocycles. The monoisotopic (exact) mass is 283 g/mol. The van der Waals surface area contributed by atoms with Crippen LogP contribution in [-0.4, -0.2) is 37.0 Å². The molecule has 1 amide bonds. The molecule has 0 atom stereocenters. The van der Waals surface area contributed by atoms with Gasteiger partial charge in [-0.15, -0.1) is 6.42 Å². The first-order valence-corrected chi connectivity index (χ1v) is 6.72. The van der Waals surface area contributed by atoms with Crippen LogP contribution in [0.4, 0.5) is 5.69 Å². The Balaban J connectivity index is 3.39. The quantitative estimate of drug-likeness (QED) is 0.462. The van der Waals surface area contributed by atoms with E-state index in [4.69, 9.17) is 6.42 Å². The van der Waals surface area contributed by atoms with E-state index in [1.54, 1.807) is 0 Å². The zero-order valence-electron chi connectivity index (χ0n) is 9.78. The first-order chi connectivity index (χ1) is 8.77. The van der Waals surface area contributed by atoms with Crippen molar-refractivity contribution < 1.29 is 18.1 Å². The summed E-state index contributed by atoms with van der Waals surface area (Å²) in [7, 11) is -3.79. The Kier molecular flexibility index (Phi) is 4.18. The predicted octanol–water partition coefficient (Wildman–Crippen LogP) is -0.244. The fourth-order valence-corrected chi connectivity index (χ4v) is 2.02. The van der Waals surface area contributed by atoms with Crippen molar-refractivity contribution in [2.75, 3.05) is 12.8 Å². The molecular formula is C10H9N3O5S. The summed E-state index contributed by atoms with van der Waals surface area (Å²) in [5.74, 6) is 1.29. The van der Waals surface area contributed by atoms with E-state index in [9.17, 15) is 23.3 Å². The smallest absolute Gasteiger partial charge is 0.288 e. The maximum atomic E-state index is 11.7. The second kappa shape index (κ2) is 5.45. The molecule has 1 aromatic heterocycles. The first-order valence-electron chi connectivity index (χ1n) is 4.83. The predicted molar refractivity (Wildman–Crippen MR) is 65.2 cm³/mol. The average molecular weight is 283 g/mol. The molecule has 1 aromatic rings. The van der Waals surface area contributed by atoms with Crippen LogP contribution < -0.4 is 5.32 Å². The topological polar surface area (TPSA) is 119 Å². The molecule has 1 rings (SSSR count). The Bertz CT molecular complexity index is 675. The first kappa shape index (κ1) is 14.6. The van der Waals surface area contributed by atoms with Crippen LogP contribution in [-0.2, 0) is 9.84 Å². The second-order valence-electron chi connectivity index (χ2n) is 3.46. The minimum atomic E-state index is -3.79. The lowest BCUT2D eigenvalue weighted by molar-refractivity contribution is -0.385. The van der Waals surface area contributed by atoms with Crippen LogP contribution in [0.15, 0.2) is 17.3 Å². The number of amides is 1. The third kappa shape index (κ3) is 3.49. The summed E-state index contributed by atoms with van der Waals surface area (Å²) < 4.78 is 22.9. The zero-order chi connectivity index (χ0) is 14.6. The number of hydrogen-bond acceptors (Lipinski definition) is 6. The Labute approximate surface area is 108 Å². The molecule has 0 bridgehead atoms. The Morgan fingerprint density at radius 1 is 1.63 bits per heavy atom. The number of sulfone groups is 1. The van der Waals surface area contributed by atoms with E-state index in [1.807, 2.05) is 0 Å². The third-order valence-electron chi connectivity index (χ3n) is 1.99. The molecule has 0 fully saturated rings. The van der Waals surface area contributed by atoms with Crippen LogP contribution in [0, 0.1) is 22.5 Å². The van der Waals surface area contributed by atoms with Crippen molar-refractivity contribution in [3.8, 4) is 12.3 Å². The third-order valence-corrected chi connectivity index (χ3v) is 3.02. The highest BCUT2D eigenvalue weighted by molar-refractivity contribution is 7.90. The molecule has 0 aromatic carbocycles. The number of nitrogens with one attached hydrogen (secondary N) is 1. The number of carbonyl (C=O) groups excluding carboxylic acids is 1. The fourth-order valence-electron chi connectivity index (χ4n) is 1.23. The highest BCUT2D eigenvalue weighted by Gasteiger charge is 2.23. The number of hydrogen-bond donors (Lipinski definition) is 1. The van der Waals surface area contributed by atoms with Gasteiger partial charge in [0.15, 0.2) is 14.9 Å². The van der Waals surface area contributed by atoms with Crippen molar-refractivity contribution in [3.05, 3.63) is 27.9 Å². The number of carbonyl (C=O) groups is 1. The number of rotatable bonds is 4. The van der Waals surface area contributed by atoms with Gasteiger partial charge in [-0.05, 0) is 0 Å². The van der Waals surface area contributed by atoms with E-state index in [2.05, 4.69) is 16.2 Å². The molecule has 8 nitrogen and oxygen atoms in total. The second-order valence-corrected chi connectivity index (χ2v) is 5.39. The lowest BCUT2D eigenvalue weighted by Gasteiger charge is -2.06. The summed E-state index contributed by atoms with van der Waals surface area (Å²) in [6.07, 6.45) is 6.57. The number of terminal acetylenes is 1. The van der Waals surface area contributed by atoms with E-state index in [0.29, 0.717) is 0 Å². The van der Waals surface area contributed by atoms with E-state index in [0.717, 1.165) is 18.5 Å². The molecule has 9 heteroatoms. The standard InChI is InChI=1S/C10H9N3O5S/c1-3-4-11-9(14)8-5-7(13(15)16)6-12-10(8)19(2,17)18/h1,5-6H,4H2,2H3,(H,11,14). The summed E-state index contributed by atoms with van der Waals surface area (Å²) in [4.78, 5) is 25.0. The molecule has 0 spiro atoms. The SMILES string of the molecule is C#CCNC(=O)c1cc([N+](=O)[O-])cnc1S(C)(=O)=O. The van der Waals surface area contributed by atoms with Gasteiger partial charge in [-0.2, -0.15) is 0 Å². The van der Waals surface area contributed by atoms with Gasteiger partial charge in [-0.1, -0.05) is 5.92 Å². The molecule has 1 heterocycles. The average Bonchev–Trinajstić information content (AvgIpc) is 2.34. The molecule has 0 radical (unpaired) electrons. The summed E-state index contributed by atoms with van der Waals surface area (Å²) >= 11 is 0. The maximum absolute atomic E-state index is 11.7. The van der Waals surface area contributed by atoms with E-state index in [-0.39, 0.29) is 6.54 Å². The Morgan fingerprint density at radius 3 is 2.74 bits per heavy atom. The summed E-state index contributed by atoms with van der Waals surface area (Å²) in [5, 5.41) is 12.3. The van der Waals surface area contributed by atoms with Crippen molar-refractivity contribution in [2.24, 2.45) is 0 Å². The van der Waals surface area contributed by atoms with Crippen molar-refractivity contribution in [2.45, 2.75) is 5.03 Å². The van der Waals surface area contributed by atoms with Gasteiger partial charge in [-0.25, -0.2) is 13.4 Å². The highest BCUT2D eigenvalue weighted by atomic mass is 32.2. The minimum absolute atomic E-state index is 0.134. The molecule has 100 valence electrons. The van der Waals surface area contributed by atoms with Gasteiger partial charge < -0.3 is 5.32 Å². The van der Waals surface area contributed by atoms with Gasteiger partial charge >= 0.3 is 0 Å². The van der Waals surface area contributed by atoms with Crippen molar-refractivity contribution >= 4 is 21.4 Å². The van der Waals surface area contributed by atoms with Gasteiger partial charge in [0.25, 0.3) is 11.6 Å². The molecule has 0 aliphatic carbocycles. The molecule has 0 unspecified atom stereocenters. The molecular weight excluding hydrogens is 274 g/mol. The summed E-state index contributed by atoms with van der Waals surface area (Å²) in [6.45, 7) is -0.134. The number of nitro groups is 1. The van der Waals surface area contributed by atoms with Gasteiger partial charge in [0.1, 0.15) is 6.20 Å². The molecule has 1 N–H and O–H groups in total. The normalized spacial score (nSPS) is 10.5. The number of aromatic nitrogens is 1. The van der Waals surface area contributed by atoms with Gasteiger partial charge in [0.05, 0.1) is 17.0 Å². The van der Waals surface area contributed by atoms with Crippen LogP contribution in [0.25, 0.3) is 0 Å². The van der Waals surface area contributed by atoms with E-state index < -0.39 is 36.9 Å². The van der Waals surface area contributed by atoms with Crippen molar-refractivity contribution in [1.82, 2.24) is 10.3 Å². The lowest BCUT2D eigenvalue weighted by Crippen LogP contribution is -2.26. The van der Waals surface area contributed by atoms with Crippen LogP contribution in [0.3, 0.4) is 0 Å². The molecule has 19 heavy (non-hydrogen) atoms.